The normalized spacial score (nSPS) is 14.2. The lowest BCUT2D eigenvalue weighted by molar-refractivity contribution is 0.434. The summed E-state index contributed by atoms with van der Waals surface area (Å²) in [5.41, 5.74) is 6.82. The molecular formula is C20H21ClF2N6O2S. The highest BCUT2D eigenvalue weighted by Gasteiger charge is 2.36. The van der Waals surface area contributed by atoms with Crippen molar-refractivity contribution in [1.82, 2.24) is 15.1 Å². The number of aromatic nitrogens is 3. The summed E-state index contributed by atoms with van der Waals surface area (Å²) in [6.45, 7) is 2.02. The summed E-state index contributed by atoms with van der Waals surface area (Å²) in [7, 11) is -1.81. The number of amidine groups is 1. The molecule has 0 bridgehead atoms. The van der Waals surface area contributed by atoms with Gasteiger partial charge in [0.05, 0.1) is 20.5 Å². The van der Waals surface area contributed by atoms with Crippen LogP contribution in [0.15, 0.2) is 50.5 Å². The average Bonchev–Trinajstić information content (AvgIpc) is 3.26. The van der Waals surface area contributed by atoms with E-state index in [1.54, 1.807) is 6.07 Å². The zero-order valence-electron chi connectivity index (χ0n) is 17.6. The minimum Gasteiger partial charge on any atom is -0.386 e. The van der Waals surface area contributed by atoms with Crippen molar-refractivity contribution in [3.63, 3.8) is 0 Å². The lowest BCUT2D eigenvalue weighted by Gasteiger charge is -2.28. The Kier molecular flexibility index (Phi) is 6.89. The van der Waals surface area contributed by atoms with Crippen LogP contribution in [-0.4, -0.2) is 43.8 Å². The first-order valence-corrected chi connectivity index (χ1v) is 11.4. The largest absolute Gasteiger partial charge is 0.386 e. The van der Waals surface area contributed by atoms with Crippen molar-refractivity contribution >= 4 is 27.2 Å². The number of hydrogen-bond acceptors (Lipinski definition) is 7. The van der Waals surface area contributed by atoms with Crippen LogP contribution in [-0.2, 0) is 15.5 Å². The van der Waals surface area contributed by atoms with Crippen molar-refractivity contribution in [2.75, 3.05) is 13.8 Å². The van der Waals surface area contributed by atoms with Gasteiger partial charge in [-0.15, -0.1) is 0 Å². The van der Waals surface area contributed by atoms with Crippen LogP contribution in [0.5, 0.6) is 0 Å². The molecule has 32 heavy (non-hydrogen) atoms. The number of aliphatic imine (C=N–C) groups is 1. The number of hydrogen-bond donors (Lipinski definition) is 1. The second-order valence-electron chi connectivity index (χ2n) is 7.25. The summed E-state index contributed by atoms with van der Waals surface area (Å²) in [5, 5.41) is 4.32. The summed E-state index contributed by atoms with van der Waals surface area (Å²) in [6.07, 6.45) is 2.86. The summed E-state index contributed by atoms with van der Waals surface area (Å²) in [5.74, 6) is -0.362. The van der Waals surface area contributed by atoms with Gasteiger partial charge in [0.1, 0.15) is 16.4 Å². The van der Waals surface area contributed by atoms with E-state index in [2.05, 4.69) is 24.5 Å². The molecule has 0 aliphatic rings. The summed E-state index contributed by atoms with van der Waals surface area (Å²) in [4.78, 5) is 11.7. The molecule has 2 heterocycles. The number of alkyl halides is 1. The molecule has 0 aliphatic carbocycles. The van der Waals surface area contributed by atoms with Crippen LogP contribution in [0, 0.1) is 5.82 Å². The van der Waals surface area contributed by atoms with Gasteiger partial charge in [0.15, 0.2) is 24.1 Å². The molecule has 170 valence electrons. The van der Waals surface area contributed by atoms with Crippen molar-refractivity contribution in [2.45, 2.75) is 24.3 Å². The predicted molar refractivity (Wildman–Crippen MR) is 120 cm³/mol. The van der Waals surface area contributed by atoms with Gasteiger partial charge in [-0.1, -0.05) is 16.8 Å². The molecule has 3 rings (SSSR count). The molecule has 0 amide bonds. The number of nitrogens with two attached hydrogens (primary N) is 1. The lowest BCUT2D eigenvalue weighted by atomic mass is 10.1. The smallest absolute Gasteiger partial charge is 0.181 e. The molecule has 0 saturated heterocycles. The van der Waals surface area contributed by atoms with Crippen molar-refractivity contribution in [1.29, 1.82) is 0 Å². The van der Waals surface area contributed by atoms with Crippen LogP contribution in [0.1, 0.15) is 19.4 Å². The third-order valence-electron chi connectivity index (χ3n) is 4.98. The van der Waals surface area contributed by atoms with Crippen LogP contribution in [0.3, 0.4) is 0 Å². The predicted octanol–water partition coefficient (Wildman–Crippen LogP) is 4.25. The quantitative estimate of drug-likeness (QED) is 0.305. The van der Waals surface area contributed by atoms with E-state index < -0.39 is 27.1 Å². The minimum absolute atomic E-state index is 0.125. The van der Waals surface area contributed by atoms with Crippen LogP contribution in [0.2, 0.25) is 5.02 Å². The zero-order valence-corrected chi connectivity index (χ0v) is 19.1. The van der Waals surface area contributed by atoms with Gasteiger partial charge in [0.25, 0.3) is 0 Å². The average molecular weight is 483 g/mol. The van der Waals surface area contributed by atoms with Gasteiger partial charge in [0.2, 0.25) is 0 Å². The van der Waals surface area contributed by atoms with Gasteiger partial charge in [-0.25, -0.2) is 32.3 Å². The fourth-order valence-electron chi connectivity index (χ4n) is 2.90. The van der Waals surface area contributed by atoms with Crippen molar-refractivity contribution in [2.24, 2.45) is 15.1 Å². The molecule has 2 N–H and O–H groups in total. The Morgan fingerprint density at radius 3 is 2.59 bits per heavy atom. The highest BCUT2D eigenvalue weighted by atomic mass is 35.5. The Hall–Kier alpha value is -2.92. The number of nitrogens with zero attached hydrogens (tertiary/aromatic N) is 5. The van der Waals surface area contributed by atoms with Gasteiger partial charge in [0, 0.05) is 36.6 Å². The molecule has 0 fully saturated rings. The van der Waals surface area contributed by atoms with E-state index in [1.165, 1.54) is 51.5 Å². The van der Waals surface area contributed by atoms with Crippen LogP contribution < -0.4 is 5.73 Å². The summed E-state index contributed by atoms with van der Waals surface area (Å²) < 4.78 is 49.0. The topological polar surface area (TPSA) is 120 Å². The van der Waals surface area contributed by atoms with Crippen LogP contribution >= 0.6 is 11.6 Å². The van der Waals surface area contributed by atoms with E-state index in [9.17, 15) is 13.0 Å². The third kappa shape index (κ3) is 4.63. The molecule has 3 aromatic rings. The molecule has 0 aliphatic heterocycles. The Morgan fingerprint density at radius 1 is 1.28 bits per heavy atom. The van der Waals surface area contributed by atoms with Gasteiger partial charge in [-0.05, 0) is 32.0 Å². The summed E-state index contributed by atoms with van der Waals surface area (Å²) in [6, 6.07) is 5.82. The van der Waals surface area contributed by atoms with E-state index in [0.717, 1.165) is 0 Å². The maximum Gasteiger partial charge on any atom is 0.181 e. The Balaban J connectivity index is 1.97. The van der Waals surface area contributed by atoms with Crippen LogP contribution in [0.25, 0.3) is 22.8 Å². The van der Waals surface area contributed by atoms with Gasteiger partial charge >= 0.3 is 0 Å². The van der Waals surface area contributed by atoms with Gasteiger partial charge in [-0.2, -0.15) is 0 Å². The first kappa shape index (κ1) is 23.7. The van der Waals surface area contributed by atoms with E-state index in [1.807, 2.05) is 0 Å². The fraction of sp³-hybridized carbons (Fsp3) is 0.300. The van der Waals surface area contributed by atoms with Gasteiger partial charge < -0.3 is 10.3 Å². The molecule has 8 nitrogen and oxygen atoms in total. The molecule has 0 radical (unpaired) electrons. The highest BCUT2D eigenvalue weighted by Crippen LogP contribution is 2.30. The number of halogens is 3. The lowest BCUT2D eigenvalue weighted by Crippen LogP contribution is -2.46. The maximum absolute atomic E-state index is 14.6. The minimum atomic E-state index is -3.16. The zero-order chi connectivity index (χ0) is 23.5. The molecule has 1 unspecified atom stereocenters. The molecule has 1 atom stereocenters. The van der Waals surface area contributed by atoms with E-state index >= 15 is 0 Å². The second kappa shape index (κ2) is 9.29. The second-order valence-corrected chi connectivity index (χ2v) is 10.6. The third-order valence-corrected chi connectivity index (χ3v) is 8.27. The molecular weight excluding hydrogens is 462 g/mol. The SMILES string of the molecule is CN=S(=O)(Cc1cc(-c2cc(-c3ncc(Cl)cn3)no2)ccc1F)C(C)(C)C(N)=NCF. The first-order valence-electron chi connectivity index (χ1n) is 9.33. The first-order chi connectivity index (χ1) is 15.1. The monoisotopic (exact) mass is 482 g/mol. The van der Waals surface area contributed by atoms with E-state index in [-0.39, 0.29) is 17.2 Å². The summed E-state index contributed by atoms with van der Waals surface area (Å²) >= 11 is 5.80. The molecule has 12 heteroatoms. The molecule has 2 aromatic heterocycles. The fourth-order valence-corrected chi connectivity index (χ4v) is 4.98. The Morgan fingerprint density at radius 2 is 1.97 bits per heavy atom. The van der Waals surface area contributed by atoms with Crippen molar-refractivity contribution < 1.29 is 17.5 Å². The van der Waals surface area contributed by atoms with E-state index in [4.69, 9.17) is 21.9 Å². The number of rotatable bonds is 7. The van der Waals surface area contributed by atoms with Crippen LogP contribution in [0.4, 0.5) is 8.78 Å². The van der Waals surface area contributed by atoms with E-state index in [0.29, 0.717) is 27.9 Å². The maximum atomic E-state index is 14.6. The highest BCUT2D eigenvalue weighted by molar-refractivity contribution is 7.95. The standard InChI is InChI=1S/C20H21ClF2N6O2S/c1-20(2,19(24)28-11-22)32(30,25-3)10-13-6-12(4-5-15(13)23)17-7-16(29-31-17)18-26-8-14(21)9-27-18/h4-9H,10-11H2,1-3H3,(H2,24,28). The number of benzene rings is 1. The molecule has 1 aromatic carbocycles. The van der Waals surface area contributed by atoms with Crippen molar-refractivity contribution in [3.8, 4) is 22.8 Å². The Bertz CT molecular complexity index is 1270. The Labute approximate surface area is 189 Å². The molecule has 0 spiro atoms. The van der Waals surface area contributed by atoms with Crippen molar-refractivity contribution in [3.05, 3.63) is 53.1 Å². The molecule has 0 saturated carbocycles. The van der Waals surface area contributed by atoms with Gasteiger partial charge in [-0.3, -0.25) is 0 Å².